The molecule has 4 aromatic rings. The predicted octanol–water partition coefficient (Wildman–Crippen LogP) is 0.153. The van der Waals surface area contributed by atoms with Gasteiger partial charge in [-0.15, -0.1) is 0 Å². The third kappa shape index (κ3) is 3.32. The molecular weight excluding hydrogens is 352 g/mol. The van der Waals surface area contributed by atoms with E-state index in [-0.39, 0.29) is 5.56 Å². The van der Waals surface area contributed by atoms with Gasteiger partial charge in [0.25, 0.3) is 5.56 Å². The van der Waals surface area contributed by atoms with Crippen molar-refractivity contribution in [1.82, 2.24) is 9.97 Å². The second-order valence-electron chi connectivity index (χ2n) is 7.63. The van der Waals surface area contributed by atoms with Gasteiger partial charge in [-0.1, -0.05) is 42.5 Å². The molecule has 1 aliphatic rings. The van der Waals surface area contributed by atoms with Crippen LogP contribution in [0, 0.1) is 0 Å². The van der Waals surface area contributed by atoms with Gasteiger partial charge in [0.05, 0.1) is 0 Å². The minimum absolute atomic E-state index is 0.191. The number of piperazine rings is 1. The number of aromatic amines is 1. The highest BCUT2D eigenvalue weighted by Gasteiger charge is 2.24. The molecule has 6 heteroatoms. The minimum Gasteiger partial charge on any atom is -0.449 e. The van der Waals surface area contributed by atoms with Crippen molar-refractivity contribution < 1.29 is 14.2 Å². The Morgan fingerprint density at radius 2 is 1.57 bits per heavy atom. The van der Waals surface area contributed by atoms with Crippen molar-refractivity contribution in [1.29, 1.82) is 0 Å². The number of hydrogen-bond donors (Lipinski definition) is 3. The summed E-state index contributed by atoms with van der Waals surface area (Å²) in [7, 11) is 0. The van der Waals surface area contributed by atoms with Crippen LogP contribution in [0.3, 0.4) is 0 Å². The Bertz CT molecular complexity index is 1160. The van der Waals surface area contributed by atoms with Crippen LogP contribution in [0.1, 0.15) is 11.4 Å². The van der Waals surface area contributed by atoms with Crippen molar-refractivity contribution >= 4 is 22.1 Å². The number of nitrogens with zero attached hydrogens (tertiary/aromatic N) is 1. The van der Waals surface area contributed by atoms with Crippen molar-refractivity contribution in [3.05, 3.63) is 76.3 Å². The second-order valence-corrected chi connectivity index (χ2v) is 7.63. The maximum atomic E-state index is 12.5. The summed E-state index contributed by atoms with van der Waals surface area (Å²) in [5.74, 6) is 0.741. The van der Waals surface area contributed by atoms with Crippen LogP contribution < -0.4 is 15.4 Å². The zero-order valence-electron chi connectivity index (χ0n) is 15.7. The Morgan fingerprint density at radius 1 is 0.893 bits per heavy atom. The normalized spacial score (nSPS) is 20.0. The molecule has 0 amide bonds. The van der Waals surface area contributed by atoms with Gasteiger partial charge in [-0.05, 0) is 12.1 Å². The van der Waals surface area contributed by atoms with E-state index in [1.54, 1.807) is 4.90 Å². The van der Waals surface area contributed by atoms with Gasteiger partial charge in [0.15, 0.2) is 5.82 Å². The fourth-order valence-corrected chi connectivity index (χ4v) is 4.16. The van der Waals surface area contributed by atoms with Crippen molar-refractivity contribution in [3.63, 3.8) is 0 Å². The molecular formula is C22H24N4O2+2. The van der Waals surface area contributed by atoms with Crippen LogP contribution in [0.4, 0.5) is 0 Å². The Labute approximate surface area is 162 Å². The van der Waals surface area contributed by atoms with Crippen LogP contribution in [0.25, 0.3) is 22.1 Å². The largest absolute Gasteiger partial charge is 0.449 e. The number of hydrogen-bond acceptors (Lipinski definition) is 3. The molecule has 2 aromatic heterocycles. The maximum Gasteiger partial charge on any atom is 0.294 e. The third-order valence-electron chi connectivity index (χ3n) is 5.66. The molecule has 0 atom stereocenters. The highest BCUT2D eigenvalue weighted by Crippen LogP contribution is 2.24. The Balaban J connectivity index is 1.30. The van der Waals surface area contributed by atoms with Crippen molar-refractivity contribution in [3.8, 4) is 0 Å². The first kappa shape index (κ1) is 17.2. The van der Waals surface area contributed by atoms with E-state index in [9.17, 15) is 4.79 Å². The summed E-state index contributed by atoms with van der Waals surface area (Å²) in [6.45, 7) is 6.24. The monoisotopic (exact) mass is 376 g/mol. The number of rotatable bonds is 4. The average Bonchev–Trinajstić information content (AvgIpc) is 3.10. The first-order valence-electron chi connectivity index (χ1n) is 9.88. The predicted molar refractivity (Wildman–Crippen MR) is 107 cm³/mol. The van der Waals surface area contributed by atoms with Crippen molar-refractivity contribution in [2.24, 2.45) is 0 Å². The molecule has 1 aliphatic heterocycles. The lowest BCUT2D eigenvalue weighted by Gasteiger charge is -2.29. The summed E-state index contributed by atoms with van der Waals surface area (Å²) in [6, 6.07) is 18.3. The molecule has 5 rings (SSSR count). The van der Waals surface area contributed by atoms with E-state index in [0.29, 0.717) is 16.7 Å². The van der Waals surface area contributed by atoms with Gasteiger partial charge >= 0.3 is 0 Å². The van der Waals surface area contributed by atoms with E-state index in [0.717, 1.165) is 50.5 Å². The molecule has 0 bridgehead atoms. The molecule has 142 valence electrons. The molecule has 0 spiro atoms. The summed E-state index contributed by atoms with van der Waals surface area (Å²) in [4.78, 5) is 23.2. The van der Waals surface area contributed by atoms with E-state index in [1.807, 2.05) is 24.3 Å². The lowest BCUT2D eigenvalue weighted by molar-refractivity contribution is -1.02. The van der Waals surface area contributed by atoms with E-state index >= 15 is 0 Å². The van der Waals surface area contributed by atoms with Crippen LogP contribution >= 0.6 is 0 Å². The first-order valence-corrected chi connectivity index (χ1v) is 9.88. The maximum absolute atomic E-state index is 12.5. The van der Waals surface area contributed by atoms with Gasteiger partial charge in [-0.3, -0.25) is 4.79 Å². The molecule has 1 fully saturated rings. The SMILES string of the molecule is O=c1[nH]c(C[NH+]2CC[NH+](Cc3ccccc3)CC2)nc2c1oc1ccccc12. The lowest BCUT2D eigenvalue weighted by Crippen LogP contribution is -3.27. The highest BCUT2D eigenvalue weighted by atomic mass is 16.3. The van der Waals surface area contributed by atoms with Crippen molar-refractivity contribution in [2.45, 2.75) is 13.1 Å². The number of furan rings is 1. The number of quaternary nitrogens is 2. The summed E-state index contributed by atoms with van der Waals surface area (Å²) in [6.07, 6.45) is 0. The summed E-state index contributed by atoms with van der Waals surface area (Å²) >= 11 is 0. The molecule has 3 heterocycles. The van der Waals surface area contributed by atoms with Crippen LogP contribution in [0.2, 0.25) is 0 Å². The zero-order chi connectivity index (χ0) is 18.9. The van der Waals surface area contributed by atoms with Crippen molar-refractivity contribution in [2.75, 3.05) is 26.2 Å². The average molecular weight is 376 g/mol. The molecule has 0 radical (unpaired) electrons. The van der Waals surface area contributed by atoms with Gasteiger partial charge in [0.1, 0.15) is 50.4 Å². The molecule has 0 unspecified atom stereocenters. The Morgan fingerprint density at radius 3 is 2.36 bits per heavy atom. The summed E-state index contributed by atoms with van der Waals surface area (Å²) in [5.41, 5.74) is 2.89. The van der Waals surface area contributed by atoms with Gasteiger partial charge in [0.2, 0.25) is 5.58 Å². The lowest BCUT2D eigenvalue weighted by atomic mass is 10.2. The Kier molecular flexibility index (Phi) is 4.43. The molecule has 2 aromatic carbocycles. The number of aromatic nitrogens is 2. The van der Waals surface area contributed by atoms with Gasteiger partial charge in [0, 0.05) is 10.9 Å². The fourth-order valence-electron chi connectivity index (χ4n) is 4.16. The van der Waals surface area contributed by atoms with Crippen LogP contribution in [-0.4, -0.2) is 36.1 Å². The smallest absolute Gasteiger partial charge is 0.294 e. The number of benzene rings is 2. The number of nitrogens with one attached hydrogen (secondary N) is 3. The van der Waals surface area contributed by atoms with Crippen LogP contribution in [0.15, 0.2) is 63.8 Å². The van der Waals surface area contributed by atoms with E-state index in [2.05, 4.69) is 35.3 Å². The molecule has 0 aliphatic carbocycles. The van der Waals surface area contributed by atoms with E-state index in [1.165, 1.54) is 10.5 Å². The molecule has 3 N–H and O–H groups in total. The molecule has 6 nitrogen and oxygen atoms in total. The quantitative estimate of drug-likeness (QED) is 0.475. The van der Waals surface area contributed by atoms with E-state index in [4.69, 9.17) is 9.40 Å². The zero-order valence-corrected chi connectivity index (χ0v) is 15.7. The topological polar surface area (TPSA) is 67.8 Å². The second kappa shape index (κ2) is 7.22. The van der Waals surface area contributed by atoms with E-state index < -0.39 is 0 Å². The fraction of sp³-hybridized carbons (Fsp3) is 0.273. The number of para-hydroxylation sites is 1. The molecule has 1 saturated heterocycles. The highest BCUT2D eigenvalue weighted by molar-refractivity contribution is 6.01. The minimum atomic E-state index is -0.191. The molecule has 28 heavy (non-hydrogen) atoms. The summed E-state index contributed by atoms with van der Waals surface area (Å²) in [5, 5.41) is 0.900. The number of fused-ring (bicyclic) bond motifs is 3. The van der Waals surface area contributed by atoms with Crippen LogP contribution in [0.5, 0.6) is 0 Å². The standard InChI is InChI=1S/C22H22N4O2/c27-22-21-20(17-8-4-5-9-18(17)28-21)23-19(24-22)15-26-12-10-25(11-13-26)14-16-6-2-1-3-7-16/h1-9H,10-15H2,(H,23,24,27)/p+2. The van der Waals surface area contributed by atoms with Gasteiger partial charge in [-0.2, -0.15) is 0 Å². The van der Waals surface area contributed by atoms with Crippen LogP contribution in [-0.2, 0) is 13.1 Å². The Hall–Kier alpha value is -2.96. The molecule has 0 saturated carbocycles. The number of H-pyrrole nitrogens is 1. The van der Waals surface area contributed by atoms with Gasteiger partial charge in [-0.25, -0.2) is 4.98 Å². The first-order chi connectivity index (χ1) is 13.8. The van der Waals surface area contributed by atoms with Gasteiger partial charge < -0.3 is 19.2 Å². The summed E-state index contributed by atoms with van der Waals surface area (Å²) < 4.78 is 5.68. The third-order valence-corrected chi connectivity index (χ3v) is 5.66.